The van der Waals surface area contributed by atoms with Crippen LogP contribution in [0.5, 0.6) is 0 Å². The van der Waals surface area contributed by atoms with E-state index >= 15 is 0 Å². The summed E-state index contributed by atoms with van der Waals surface area (Å²) in [6.45, 7) is 12.7. The molecule has 180 valence electrons. The van der Waals surface area contributed by atoms with Crippen LogP contribution in [0.25, 0.3) is 0 Å². The summed E-state index contributed by atoms with van der Waals surface area (Å²) in [4.78, 5) is 27.0. The maximum absolute atomic E-state index is 12.5. The predicted molar refractivity (Wildman–Crippen MR) is 124 cm³/mol. The first-order chi connectivity index (χ1) is 15.2. The van der Waals surface area contributed by atoms with Crippen molar-refractivity contribution in [2.24, 2.45) is 0 Å². The Hall–Kier alpha value is -1.56. The van der Waals surface area contributed by atoms with Crippen molar-refractivity contribution in [3.8, 4) is 6.07 Å². The van der Waals surface area contributed by atoms with Crippen molar-refractivity contribution in [1.82, 2.24) is 14.2 Å². The van der Waals surface area contributed by atoms with E-state index in [-0.39, 0.29) is 29.9 Å². The molecule has 4 atom stereocenters. The summed E-state index contributed by atoms with van der Waals surface area (Å²) in [5.74, 6) is 0. The molecule has 1 aromatic rings. The number of aryl methyl sites for hydroxylation is 1. The molecular formula is C22H37N4O5P. The molecule has 1 aliphatic rings. The number of aromatic nitrogens is 2. The van der Waals surface area contributed by atoms with Crippen LogP contribution in [0.15, 0.2) is 15.8 Å². The molecule has 0 saturated carbocycles. The molecule has 1 saturated heterocycles. The fourth-order valence-electron chi connectivity index (χ4n) is 3.94. The van der Waals surface area contributed by atoms with Gasteiger partial charge in [-0.3, -0.25) is 14.3 Å². The van der Waals surface area contributed by atoms with Gasteiger partial charge in [0.2, 0.25) is 0 Å². The second-order valence-electron chi connectivity index (χ2n) is 8.53. The number of nitrogens with zero attached hydrogens (tertiary/aromatic N) is 3. The summed E-state index contributed by atoms with van der Waals surface area (Å²) < 4.78 is 22.4. The number of H-pyrrole nitrogens is 1. The van der Waals surface area contributed by atoms with E-state index in [2.05, 4.69) is 43.4 Å². The molecule has 0 radical (unpaired) electrons. The van der Waals surface area contributed by atoms with Crippen LogP contribution in [-0.4, -0.2) is 45.1 Å². The van der Waals surface area contributed by atoms with Crippen LogP contribution in [0.4, 0.5) is 0 Å². The lowest BCUT2D eigenvalue weighted by molar-refractivity contribution is -0.0202. The topological polar surface area (TPSA) is 110 Å². The third-order valence-electron chi connectivity index (χ3n) is 5.34. The van der Waals surface area contributed by atoms with Gasteiger partial charge in [0.25, 0.3) is 14.1 Å². The molecule has 1 N–H and O–H groups in total. The van der Waals surface area contributed by atoms with E-state index in [0.717, 1.165) is 6.42 Å². The molecule has 10 heteroatoms. The molecule has 2 unspecified atom stereocenters. The summed E-state index contributed by atoms with van der Waals surface area (Å²) in [5, 5.41) is 8.91. The Labute approximate surface area is 191 Å². The second kappa shape index (κ2) is 12.6. The molecule has 32 heavy (non-hydrogen) atoms. The van der Waals surface area contributed by atoms with Gasteiger partial charge in [0.1, 0.15) is 6.23 Å². The molecule has 1 aliphatic heterocycles. The molecule has 0 bridgehead atoms. The van der Waals surface area contributed by atoms with Gasteiger partial charge in [0.15, 0.2) is 0 Å². The first-order valence-electron chi connectivity index (χ1n) is 11.5. The third-order valence-corrected chi connectivity index (χ3v) is 7.50. The smallest absolute Gasteiger partial charge is 0.330 e. The standard InChI is InChI=1S/C22H37N4O5P/c1-7-10-17-14-25(22(28)24-21(17)27)20-13-19(18(8-2)30-20)31-32(29-12-9-11-23)26(15(3)4)16(5)6/h14-16,18-20H,7-10,12-13H2,1-6H3,(H,24,27,28)/t18-,19?,20+,32?/m1/s1. The van der Waals surface area contributed by atoms with Gasteiger partial charge in [0.05, 0.1) is 31.3 Å². The fourth-order valence-corrected chi connectivity index (χ4v) is 5.70. The van der Waals surface area contributed by atoms with Crippen LogP contribution in [-0.2, 0) is 20.2 Å². The Balaban J connectivity index is 2.27. The van der Waals surface area contributed by atoms with Crippen LogP contribution in [0, 0.1) is 11.3 Å². The Bertz CT molecular complexity index is 870. The number of nitriles is 1. The quantitative estimate of drug-likeness (QED) is 0.366. The Kier molecular flexibility index (Phi) is 10.5. The number of hydrogen-bond acceptors (Lipinski definition) is 7. The lowest BCUT2D eigenvalue weighted by atomic mass is 10.1. The van der Waals surface area contributed by atoms with Crippen LogP contribution >= 0.6 is 8.53 Å². The van der Waals surface area contributed by atoms with Crippen LogP contribution < -0.4 is 11.2 Å². The minimum atomic E-state index is -1.41. The molecule has 2 heterocycles. The fraction of sp³-hybridized carbons (Fsp3) is 0.773. The van der Waals surface area contributed by atoms with Crippen molar-refractivity contribution in [1.29, 1.82) is 5.26 Å². The number of ether oxygens (including phenoxy) is 1. The molecule has 9 nitrogen and oxygen atoms in total. The molecule has 0 amide bonds. The Morgan fingerprint density at radius 2 is 2.00 bits per heavy atom. The summed E-state index contributed by atoms with van der Waals surface area (Å²) in [7, 11) is -1.41. The maximum Gasteiger partial charge on any atom is 0.330 e. The van der Waals surface area contributed by atoms with Crippen molar-refractivity contribution in [2.75, 3.05) is 6.61 Å². The SMILES string of the molecule is CCCc1cn([C@@H]2CC(OP(OCCC#N)N(C(C)C)C(C)C)[C@@H](CC)O2)c(=O)[nH]c1=O. The average Bonchev–Trinajstić information content (AvgIpc) is 3.12. The molecule has 0 aromatic carbocycles. The van der Waals surface area contributed by atoms with Gasteiger partial charge >= 0.3 is 5.69 Å². The highest BCUT2D eigenvalue weighted by Crippen LogP contribution is 2.50. The zero-order chi connectivity index (χ0) is 23.8. The van der Waals surface area contributed by atoms with Gasteiger partial charge < -0.3 is 13.8 Å². The predicted octanol–water partition coefficient (Wildman–Crippen LogP) is 3.85. The number of nitrogens with one attached hydrogen (secondary N) is 1. The Morgan fingerprint density at radius 3 is 2.56 bits per heavy atom. The van der Waals surface area contributed by atoms with E-state index in [1.54, 1.807) is 6.20 Å². The minimum absolute atomic E-state index is 0.194. The molecule has 1 aromatic heterocycles. The zero-order valence-corrected chi connectivity index (χ0v) is 20.9. The molecule has 0 aliphatic carbocycles. The second-order valence-corrected chi connectivity index (χ2v) is 9.94. The van der Waals surface area contributed by atoms with E-state index in [4.69, 9.17) is 19.0 Å². The minimum Gasteiger partial charge on any atom is -0.352 e. The highest BCUT2D eigenvalue weighted by Gasteiger charge is 2.40. The van der Waals surface area contributed by atoms with E-state index in [1.165, 1.54) is 4.57 Å². The summed E-state index contributed by atoms with van der Waals surface area (Å²) in [6.07, 6.45) is 3.49. The van der Waals surface area contributed by atoms with Gasteiger partial charge in [-0.15, -0.1) is 0 Å². The maximum atomic E-state index is 12.5. The van der Waals surface area contributed by atoms with E-state index < -0.39 is 20.4 Å². The van der Waals surface area contributed by atoms with Crippen molar-refractivity contribution >= 4 is 8.53 Å². The van der Waals surface area contributed by atoms with E-state index in [1.807, 2.05) is 13.8 Å². The van der Waals surface area contributed by atoms with Gasteiger partial charge in [-0.25, -0.2) is 9.46 Å². The van der Waals surface area contributed by atoms with Crippen molar-refractivity contribution < 1.29 is 13.8 Å². The molecule has 0 spiro atoms. The first kappa shape index (κ1) is 26.7. The first-order valence-corrected chi connectivity index (χ1v) is 12.6. The highest BCUT2D eigenvalue weighted by molar-refractivity contribution is 7.44. The van der Waals surface area contributed by atoms with Crippen molar-refractivity contribution in [3.63, 3.8) is 0 Å². The average molecular weight is 469 g/mol. The Morgan fingerprint density at radius 1 is 1.31 bits per heavy atom. The molecular weight excluding hydrogens is 431 g/mol. The third kappa shape index (κ3) is 6.72. The van der Waals surface area contributed by atoms with Gasteiger partial charge in [-0.2, -0.15) is 5.26 Å². The van der Waals surface area contributed by atoms with Crippen LogP contribution in [0.2, 0.25) is 0 Å². The summed E-state index contributed by atoms with van der Waals surface area (Å²) in [6, 6.07) is 2.50. The van der Waals surface area contributed by atoms with Gasteiger partial charge in [-0.1, -0.05) is 20.3 Å². The summed E-state index contributed by atoms with van der Waals surface area (Å²) in [5.41, 5.74) is -0.250. The normalized spacial score (nSPS) is 22.1. The molecule has 2 rings (SSSR count). The summed E-state index contributed by atoms with van der Waals surface area (Å²) >= 11 is 0. The lowest BCUT2D eigenvalue weighted by Crippen LogP contribution is -2.35. The van der Waals surface area contributed by atoms with E-state index in [0.29, 0.717) is 37.9 Å². The zero-order valence-electron chi connectivity index (χ0n) is 20.0. The molecule has 1 fully saturated rings. The number of aromatic amines is 1. The van der Waals surface area contributed by atoms with Crippen molar-refractivity contribution in [3.05, 3.63) is 32.6 Å². The number of rotatable bonds is 12. The van der Waals surface area contributed by atoms with E-state index in [9.17, 15) is 9.59 Å². The highest BCUT2D eigenvalue weighted by atomic mass is 31.2. The van der Waals surface area contributed by atoms with Crippen LogP contribution in [0.3, 0.4) is 0 Å². The largest absolute Gasteiger partial charge is 0.352 e. The van der Waals surface area contributed by atoms with Gasteiger partial charge in [-0.05, 0) is 40.5 Å². The lowest BCUT2D eigenvalue weighted by Gasteiger charge is -2.37. The van der Waals surface area contributed by atoms with Crippen molar-refractivity contribution in [2.45, 2.75) is 104 Å². The monoisotopic (exact) mass is 468 g/mol. The van der Waals surface area contributed by atoms with Gasteiger partial charge in [0, 0.05) is 30.3 Å². The number of hydrogen-bond donors (Lipinski definition) is 1. The van der Waals surface area contributed by atoms with Crippen LogP contribution in [0.1, 0.15) is 79.0 Å².